The first kappa shape index (κ1) is 26.1. The minimum absolute atomic E-state index is 0.554. The molecule has 0 N–H and O–H groups in total. The third-order valence-corrected chi connectivity index (χ3v) is 5.21. The van der Waals surface area contributed by atoms with Gasteiger partial charge in [0.05, 0.1) is 0 Å². The Morgan fingerprint density at radius 3 is 1.29 bits per heavy atom. The Bertz CT molecular complexity index is 1060. The van der Waals surface area contributed by atoms with E-state index in [1.165, 1.54) is 0 Å². The number of ether oxygens (including phenoxy) is 4. The first-order valence-corrected chi connectivity index (χ1v) is 12.2. The van der Waals surface area contributed by atoms with Crippen molar-refractivity contribution < 1.29 is 50.7 Å². The molecule has 0 heterocycles. The summed E-state index contributed by atoms with van der Waals surface area (Å²) in [5.74, 6) is 2.41. The van der Waals surface area contributed by atoms with Crippen LogP contribution < -0.4 is 9.47 Å². The molecule has 0 fully saturated rings. The first-order valence-electron chi connectivity index (χ1n) is 10.9. The van der Waals surface area contributed by atoms with Gasteiger partial charge in [0.1, 0.15) is 0 Å². The predicted octanol–water partition coefficient (Wildman–Crippen LogP) is 5.95. The molecule has 6 heteroatoms. The van der Waals surface area contributed by atoms with Gasteiger partial charge in [-0.25, -0.2) is 0 Å². The number of rotatable bonds is 12. The molecule has 34 heavy (non-hydrogen) atoms. The molecule has 0 radical (unpaired) electrons. The molecule has 0 saturated heterocycles. The Morgan fingerprint density at radius 1 is 0.588 bits per heavy atom. The van der Waals surface area contributed by atoms with Gasteiger partial charge in [-0.2, -0.15) is 0 Å². The summed E-state index contributed by atoms with van der Waals surface area (Å²) in [6, 6.07) is 27.3. The first-order chi connectivity index (χ1) is 16.6. The van der Waals surface area contributed by atoms with Crippen LogP contribution in [0.5, 0.6) is 11.5 Å². The van der Waals surface area contributed by atoms with Gasteiger partial charge in [-0.05, 0) is 0 Å². The second-order valence-corrected chi connectivity index (χ2v) is 8.16. The van der Waals surface area contributed by atoms with Gasteiger partial charge >= 0.3 is 218 Å². The number of hydrogen-bond donors (Lipinski definition) is 0. The van der Waals surface area contributed by atoms with Crippen LogP contribution in [0.1, 0.15) is 25.0 Å². The molecule has 0 saturated carbocycles. The topological polar surface area (TPSA) is 36.9 Å². The molecule has 4 nitrogen and oxygen atoms in total. The zero-order chi connectivity index (χ0) is 24.2. The summed E-state index contributed by atoms with van der Waals surface area (Å²) in [6.45, 7) is 4.98. The Hall–Kier alpha value is -2.54. The molecule has 3 aromatic carbocycles. The van der Waals surface area contributed by atoms with Crippen molar-refractivity contribution in [3.63, 3.8) is 0 Å². The van der Waals surface area contributed by atoms with Crippen molar-refractivity contribution in [2.45, 2.75) is 13.8 Å². The quantitative estimate of drug-likeness (QED) is 0.271. The van der Waals surface area contributed by atoms with E-state index in [1.807, 2.05) is 111 Å². The van der Waals surface area contributed by atoms with Gasteiger partial charge in [0, 0.05) is 0 Å². The molecule has 0 bridgehead atoms. The van der Waals surface area contributed by atoms with Crippen molar-refractivity contribution in [1.29, 1.82) is 0 Å². The number of para-hydroxylation sites is 2. The fourth-order valence-corrected chi connectivity index (χ4v) is 3.69. The van der Waals surface area contributed by atoms with Crippen LogP contribution >= 0.6 is 0 Å². The van der Waals surface area contributed by atoms with Crippen molar-refractivity contribution in [2.75, 3.05) is 13.2 Å². The van der Waals surface area contributed by atoms with Gasteiger partial charge in [0.15, 0.2) is 0 Å². The summed E-state index contributed by atoms with van der Waals surface area (Å²) >= 11 is 5.89. The molecule has 0 aliphatic rings. The maximum atomic E-state index is 6.38. The van der Waals surface area contributed by atoms with Crippen LogP contribution in [0, 0.1) is 0 Å². The Morgan fingerprint density at radius 2 is 0.941 bits per heavy atom. The van der Waals surface area contributed by atoms with E-state index in [1.54, 1.807) is 0 Å². The van der Waals surface area contributed by atoms with Gasteiger partial charge in [0.25, 0.3) is 0 Å². The second kappa shape index (κ2) is 14.0. The van der Waals surface area contributed by atoms with Crippen LogP contribution in [0.2, 0.25) is 0 Å². The van der Waals surface area contributed by atoms with Crippen LogP contribution in [-0.4, -0.2) is 22.3 Å². The molecule has 0 aliphatic heterocycles. The van der Waals surface area contributed by atoms with E-state index in [-0.39, 0.29) is 0 Å². The van der Waals surface area contributed by atoms with Gasteiger partial charge < -0.3 is 0 Å². The maximum absolute atomic E-state index is 6.38. The van der Waals surface area contributed by atoms with Crippen molar-refractivity contribution in [3.8, 4) is 11.5 Å². The van der Waals surface area contributed by atoms with Crippen molar-refractivity contribution in [2.24, 2.45) is 0 Å². The zero-order valence-corrected chi connectivity index (χ0v) is 21.7. The summed E-state index contributed by atoms with van der Waals surface area (Å²) in [5, 5.41) is 0. The summed E-state index contributed by atoms with van der Waals surface area (Å²) in [7, 11) is 0. The van der Waals surface area contributed by atoms with Crippen LogP contribution in [0.4, 0.5) is 0 Å². The van der Waals surface area contributed by atoms with E-state index in [0.717, 1.165) is 11.1 Å². The van der Waals surface area contributed by atoms with E-state index in [4.69, 9.17) is 18.9 Å². The molecule has 3 rings (SSSR count). The molecular formula is C28H26Cr2O4. The van der Waals surface area contributed by atoms with Gasteiger partial charge in [0.2, 0.25) is 0 Å². The molecule has 0 aliphatic carbocycles. The average molecular weight is 531 g/mol. The van der Waals surface area contributed by atoms with E-state index in [9.17, 15) is 0 Å². The SMILES string of the molecule is CCO[C](=[Cr])/C=C(\Oc1ccccc1O/C(=C\[C](=[Cr])OCC)c1ccccc1)c1ccccc1. The van der Waals surface area contributed by atoms with E-state index < -0.39 is 0 Å². The fraction of sp³-hybridized carbons (Fsp3) is 0.143. The van der Waals surface area contributed by atoms with Gasteiger partial charge in [-0.1, -0.05) is 0 Å². The van der Waals surface area contributed by atoms with Crippen molar-refractivity contribution in [1.82, 2.24) is 0 Å². The monoisotopic (exact) mass is 530 g/mol. The molecule has 3 aromatic rings. The minimum atomic E-state index is 0.554. The van der Waals surface area contributed by atoms with Crippen LogP contribution in [-0.2, 0) is 41.2 Å². The normalized spacial score (nSPS) is 11.7. The summed E-state index contributed by atoms with van der Waals surface area (Å²) in [4.78, 5) is 0. The summed E-state index contributed by atoms with van der Waals surface area (Å²) in [6.07, 6.45) is 3.68. The fourth-order valence-electron chi connectivity index (χ4n) is 2.99. The molecular weight excluding hydrogens is 504 g/mol. The number of hydrogen-bond acceptors (Lipinski definition) is 4. The van der Waals surface area contributed by atoms with Crippen LogP contribution in [0.25, 0.3) is 11.5 Å². The van der Waals surface area contributed by atoms with Crippen molar-refractivity contribution >= 4 is 20.7 Å². The molecule has 0 unspecified atom stereocenters. The van der Waals surface area contributed by atoms with Gasteiger partial charge in [-0.3, -0.25) is 0 Å². The Labute approximate surface area is 217 Å². The third kappa shape index (κ3) is 8.05. The molecule has 174 valence electrons. The van der Waals surface area contributed by atoms with Crippen LogP contribution in [0.3, 0.4) is 0 Å². The van der Waals surface area contributed by atoms with E-state index in [0.29, 0.717) is 45.4 Å². The van der Waals surface area contributed by atoms with E-state index >= 15 is 0 Å². The Balaban J connectivity index is 1.97. The molecule has 0 aromatic heterocycles. The zero-order valence-electron chi connectivity index (χ0n) is 19.1. The second-order valence-electron chi connectivity index (χ2n) is 6.90. The standard InChI is InChI=1S/C28H26O4.2Cr/c1-3-29-21-19-25(23-13-7-5-8-14-23)31-27-17-11-12-18-28(27)32-26(20-22-30-4-2)24-15-9-6-10-16-24;;/h5-20H,3-4H2,1-2H3;;/b25-19-,26-20-;;. The molecule has 0 spiro atoms. The predicted molar refractivity (Wildman–Crippen MR) is 130 cm³/mol. The number of benzene rings is 3. The van der Waals surface area contributed by atoms with Crippen molar-refractivity contribution in [3.05, 3.63) is 108 Å². The summed E-state index contributed by atoms with van der Waals surface area (Å²) in [5.41, 5.74) is 1.83. The molecule has 0 atom stereocenters. The van der Waals surface area contributed by atoms with Crippen LogP contribution in [0.15, 0.2) is 97.1 Å². The Kier molecular flexibility index (Phi) is 10.7. The molecule has 0 amide bonds. The summed E-state index contributed by atoms with van der Waals surface area (Å²) < 4.78 is 25.2. The van der Waals surface area contributed by atoms with E-state index in [2.05, 4.69) is 31.7 Å². The average Bonchev–Trinajstić information content (AvgIpc) is 2.85. The third-order valence-electron chi connectivity index (χ3n) is 4.48. The van der Waals surface area contributed by atoms with Gasteiger partial charge in [-0.15, -0.1) is 0 Å².